The Morgan fingerprint density at radius 2 is 2.14 bits per heavy atom. The Balaban J connectivity index is 2.03. The minimum absolute atomic E-state index is 0.0406. The van der Waals surface area contributed by atoms with E-state index in [0.29, 0.717) is 18.1 Å². The van der Waals surface area contributed by atoms with Gasteiger partial charge in [-0.05, 0) is 43.4 Å². The standard InChI is InChI=1S/C17H26N2O2/c1-11(2)17-10-15(7-8-21-17)19-14-6-5-12(3)16(9-14)18-13(4)20/h5-6,9,11,15,17,19H,7-8,10H2,1-4H3,(H,18,20). The van der Waals surface area contributed by atoms with Gasteiger partial charge in [-0.1, -0.05) is 19.9 Å². The van der Waals surface area contributed by atoms with Gasteiger partial charge < -0.3 is 15.4 Å². The van der Waals surface area contributed by atoms with E-state index in [9.17, 15) is 4.79 Å². The lowest BCUT2D eigenvalue weighted by atomic mass is 9.95. The zero-order chi connectivity index (χ0) is 15.4. The van der Waals surface area contributed by atoms with E-state index < -0.39 is 0 Å². The largest absolute Gasteiger partial charge is 0.382 e. The van der Waals surface area contributed by atoms with Crippen molar-refractivity contribution in [2.24, 2.45) is 5.92 Å². The van der Waals surface area contributed by atoms with Crippen LogP contribution in [0.15, 0.2) is 18.2 Å². The lowest BCUT2D eigenvalue weighted by Crippen LogP contribution is -2.36. The van der Waals surface area contributed by atoms with Crippen molar-refractivity contribution in [1.29, 1.82) is 0 Å². The summed E-state index contributed by atoms with van der Waals surface area (Å²) in [6.45, 7) is 8.75. The molecule has 0 bridgehead atoms. The Morgan fingerprint density at radius 1 is 1.38 bits per heavy atom. The maximum Gasteiger partial charge on any atom is 0.221 e. The van der Waals surface area contributed by atoms with Crippen LogP contribution in [0.1, 0.15) is 39.2 Å². The van der Waals surface area contributed by atoms with Crippen molar-refractivity contribution in [1.82, 2.24) is 0 Å². The molecule has 116 valence electrons. The van der Waals surface area contributed by atoms with Crippen molar-refractivity contribution in [2.75, 3.05) is 17.2 Å². The maximum atomic E-state index is 11.2. The van der Waals surface area contributed by atoms with Crippen molar-refractivity contribution < 1.29 is 9.53 Å². The van der Waals surface area contributed by atoms with Gasteiger partial charge >= 0.3 is 0 Å². The topological polar surface area (TPSA) is 50.4 Å². The van der Waals surface area contributed by atoms with Gasteiger partial charge in [-0.15, -0.1) is 0 Å². The van der Waals surface area contributed by atoms with Crippen molar-refractivity contribution in [3.8, 4) is 0 Å². The predicted octanol–water partition coefficient (Wildman–Crippen LogP) is 3.57. The Kier molecular flexibility index (Phi) is 5.23. The Labute approximate surface area is 127 Å². The molecule has 2 atom stereocenters. The van der Waals surface area contributed by atoms with E-state index in [0.717, 1.165) is 36.4 Å². The number of anilines is 2. The van der Waals surface area contributed by atoms with Crippen LogP contribution in [0.4, 0.5) is 11.4 Å². The number of carbonyl (C=O) groups excluding carboxylic acids is 1. The van der Waals surface area contributed by atoms with Crippen LogP contribution in [0, 0.1) is 12.8 Å². The third-order valence-corrected chi connectivity index (χ3v) is 3.98. The molecule has 1 heterocycles. The molecule has 2 unspecified atom stereocenters. The van der Waals surface area contributed by atoms with Gasteiger partial charge in [-0.2, -0.15) is 0 Å². The molecule has 1 aromatic rings. The molecule has 0 spiro atoms. The number of rotatable bonds is 4. The molecule has 4 heteroatoms. The van der Waals surface area contributed by atoms with E-state index >= 15 is 0 Å². The molecule has 1 aromatic carbocycles. The summed E-state index contributed by atoms with van der Waals surface area (Å²) < 4.78 is 5.81. The molecular formula is C17H26N2O2. The number of nitrogens with one attached hydrogen (secondary N) is 2. The summed E-state index contributed by atoms with van der Waals surface area (Å²) in [4.78, 5) is 11.2. The summed E-state index contributed by atoms with van der Waals surface area (Å²) in [5.74, 6) is 0.503. The highest BCUT2D eigenvalue weighted by Crippen LogP contribution is 2.25. The van der Waals surface area contributed by atoms with Crippen molar-refractivity contribution in [3.05, 3.63) is 23.8 Å². The first-order valence-electron chi connectivity index (χ1n) is 7.72. The number of hydrogen-bond donors (Lipinski definition) is 2. The minimum atomic E-state index is -0.0406. The lowest BCUT2D eigenvalue weighted by Gasteiger charge is -2.33. The molecule has 1 fully saturated rings. The third-order valence-electron chi connectivity index (χ3n) is 3.98. The van der Waals surface area contributed by atoms with E-state index in [2.05, 4.69) is 30.5 Å². The average molecular weight is 290 g/mol. The monoisotopic (exact) mass is 290 g/mol. The van der Waals surface area contributed by atoms with Crippen molar-refractivity contribution in [3.63, 3.8) is 0 Å². The summed E-state index contributed by atoms with van der Waals surface area (Å²) in [6, 6.07) is 6.54. The highest BCUT2D eigenvalue weighted by Gasteiger charge is 2.24. The minimum Gasteiger partial charge on any atom is -0.382 e. The quantitative estimate of drug-likeness (QED) is 0.891. The second-order valence-corrected chi connectivity index (χ2v) is 6.23. The predicted molar refractivity (Wildman–Crippen MR) is 86.7 cm³/mol. The van der Waals surface area contributed by atoms with Crippen LogP contribution in [0.3, 0.4) is 0 Å². The Morgan fingerprint density at radius 3 is 2.81 bits per heavy atom. The third kappa shape index (κ3) is 4.46. The summed E-state index contributed by atoms with van der Waals surface area (Å²) in [6.07, 6.45) is 2.38. The Bertz CT molecular complexity index is 500. The first kappa shape index (κ1) is 15.8. The number of amides is 1. The summed E-state index contributed by atoms with van der Waals surface area (Å²) in [7, 11) is 0. The Hall–Kier alpha value is -1.55. The number of ether oxygens (including phenoxy) is 1. The van der Waals surface area contributed by atoms with Crippen LogP contribution in [0.25, 0.3) is 0 Å². The zero-order valence-corrected chi connectivity index (χ0v) is 13.4. The second kappa shape index (κ2) is 6.94. The molecular weight excluding hydrogens is 264 g/mol. The van der Waals surface area contributed by atoms with E-state index in [-0.39, 0.29) is 5.91 Å². The van der Waals surface area contributed by atoms with E-state index in [1.807, 2.05) is 19.1 Å². The summed E-state index contributed by atoms with van der Waals surface area (Å²) >= 11 is 0. The zero-order valence-electron chi connectivity index (χ0n) is 13.4. The normalized spacial score (nSPS) is 22.1. The second-order valence-electron chi connectivity index (χ2n) is 6.23. The number of aryl methyl sites for hydroxylation is 1. The molecule has 0 aromatic heterocycles. The highest BCUT2D eigenvalue weighted by atomic mass is 16.5. The molecule has 1 aliphatic heterocycles. The average Bonchev–Trinajstić information content (AvgIpc) is 2.42. The van der Waals surface area contributed by atoms with Crippen LogP contribution in [-0.4, -0.2) is 24.7 Å². The molecule has 4 nitrogen and oxygen atoms in total. The van der Waals surface area contributed by atoms with Crippen molar-refractivity contribution in [2.45, 2.75) is 52.7 Å². The molecule has 21 heavy (non-hydrogen) atoms. The fourth-order valence-electron chi connectivity index (χ4n) is 2.70. The van der Waals surface area contributed by atoms with Gasteiger partial charge in [0, 0.05) is 30.9 Å². The van der Waals surface area contributed by atoms with Crippen LogP contribution in [0.2, 0.25) is 0 Å². The van der Waals surface area contributed by atoms with Crippen LogP contribution >= 0.6 is 0 Å². The molecule has 1 saturated heterocycles. The summed E-state index contributed by atoms with van der Waals surface area (Å²) in [5, 5.41) is 6.45. The van der Waals surface area contributed by atoms with Gasteiger partial charge in [0.25, 0.3) is 0 Å². The van der Waals surface area contributed by atoms with Gasteiger partial charge in [-0.25, -0.2) is 0 Å². The van der Waals surface area contributed by atoms with Gasteiger partial charge in [0.2, 0.25) is 5.91 Å². The SMILES string of the molecule is CC(=O)Nc1cc(NC2CCOC(C(C)C)C2)ccc1C. The van der Waals surface area contributed by atoms with E-state index in [1.165, 1.54) is 6.92 Å². The van der Waals surface area contributed by atoms with Crippen LogP contribution in [-0.2, 0) is 9.53 Å². The first-order valence-corrected chi connectivity index (χ1v) is 7.72. The number of benzene rings is 1. The highest BCUT2D eigenvalue weighted by molar-refractivity contribution is 5.90. The molecule has 2 N–H and O–H groups in total. The lowest BCUT2D eigenvalue weighted by molar-refractivity contribution is -0.114. The first-order chi connectivity index (χ1) is 9.95. The van der Waals surface area contributed by atoms with E-state index in [1.54, 1.807) is 0 Å². The number of carbonyl (C=O) groups is 1. The van der Waals surface area contributed by atoms with E-state index in [4.69, 9.17) is 4.74 Å². The van der Waals surface area contributed by atoms with Crippen LogP contribution in [0.5, 0.6) is 0 Å². The van der Waals surface area contributed by atoms with Gasteiger partial charge in [0.15, 0.2) is 0 Å². The smallest absolute Gasteiger partial charge is 0.221 e. The van der Waals surface area contributed by atoms with Gasteiger partial charge in [-0.3, -0.25) is 4.79 Å². The molecule has 0 radical (unpaired) electrons. The number of hydrogen-bond acceptors (Lipinski definition) is 3. The molecule has 1 amide bonds. The molecule has 1 aliphatic rings. The molecule has 2 rings (SSSR count). The van der Waals surface area contributed by atoms with Gasteiger partial charge in [0.1, 0.15) is 0 Å². The van der Waals surface area contributed by atoms with Gasteiger partial charge in [0.05, 0.1) is 6.10 Å². The molecule has 0 saturated carbocycles. The fourth-order valence-corrected chi connectivity index (χ4v) is 2.70. The van der Waals surface area contributed by atoms with Crippen molar-refractivity contribution >= 4 is 17.3 Å². The fraction of sp³-hybridized carbons (Fsp3) is 0.588. The molecule has 0 aliphatic carbocycles. The summed E-state index contributed by atoms with van der Waals surface area (Å²) in [5.41, 5.74) is 3.00. The van der Waals surface area contributed by atoms with Crippen LogP contribution < -0.4 is 10.6 Å². The maximum absolute atomic E-state index is 11.2.